The molecule has 112 valence electrons. The third kappa shape index (κ3) is 3.42. The molecule has 2 aromatic rings. The van der Waals surface area contributed by atoms with Gasteiger partial charge in [-0.15, -0.1) is 0 Å². The summed E-state index contributed by atoms with van der Waals surface area (Å²) in [5.74, 6) is 1.37. The van der Waals surface area contributed by atoms with E-state index in [9.17, 15) is 0 Å². The van der Waals surface area contributed by atoms with Gasteiger partial charge >= 0.3 is 0 Å². The zero-order valence-corrected chi connectivity index (χ0v) is 15.3. The number of aryl methyl sites for hydroxylation is 1. The van der Waals surface area contributed by atoms with Crippen LogP contribution in [-0.2, 0) is 0 Å². The Labute approximate surface area is 141 Å². The molecule has 0 aliphatic heterocycles. The molecular formula is C16H17Br2NO2. The van der Waals surface area contributed by atoms with Gasteiger partial charge in [0.1, 0.15) is 0 Å². The molecule has 0 spiro atoms. The molecule has 2 N–H and O–H groups in total. The summed E-state index contributed by atoms with van der Waals surface area (Å²) in [6, 6.07) is 9.57. The Morgan fingerprint density at radius 2 is 1.62 bits per heavy atom. The van der Waals surface area contributed by atoms with E-state index in [0.717, 1.165) is 25.6 Å². The minimum atomic E-state index is -0.254. The van der Waals surface area contributed by atoms with Gasteiger partial charge in [-0.2, -0.15) is 0 Å². The van der Waals surface area contributed by atoms with E-state index in [1.54, 1.807) is 14.2 Å². The minimum Gasteiger partial charge on any atom is -0.493 e. The normalized spacial score (nSPS) is 12.1. The molecule has 0 heterocycles. The molecule has 0 amide bonds. The van der Waals surface area contributed by atoms with Crippen molar-refractivity contribution >= 4 is 31.9 Å². The summed E-state index contributed by atoms with van der Waals surface area (Å²) in [5.41, 5.74) is 9.54. The van der Waals surface area contributed by atoms with Crippen molar-refractivity contribution < 1.29 is 9.47 Å². The van der Waals surface area contributed by atoms with Crippen LogP contribution in [-0.4, -0.2) is 14.2 Å². The highest BCUT2D eigenvalue weighted by Crippen LogP contribution is 2.35. The van der Waals surface area contributed by atoms with Crippen LogP contribution in [0.3, 0.4) is 0 Å². The summed E-state index contributed by atoms with van der Waals surface area (Å²) < 4.78 is 12.6. The van der Waals surface area contributed by atoms with Gasteiger partial charge in [0.15, 0.2) is 11.5 Å². The molecule has 0 saturated carbocycles. The van der Waals surface area contributed by atoms with Crippen LogP contribution >= 0.6 is 31.9 Å². The van der Waals surface area contributed by atoms with Gasteiger partial charge in [0.2, 0.25) is 0 Å². The van der Waals surface area contributed by atoms with Gasteiger partial charge in [-0.25, -0.2) is 0 Å². The largest absolute Gasteiger partial charge is 0.493 e. The average Bonchev–Trinajstić information content (AvgIpc) is 2.49. The van der Waals surface area contributed by atoms with E-state index in [4.69, 9.17) is 15.2 Å². The molecule has 0 saturated heterocycles. The molecular weight excluding hydrogens is 398 g/mol. The number of ether oxygens (including phenoxy) is 2. The third-order valence-electron chi connectivity index (χ3n) is 3.38. The van der Waals surface area contributed by atoms with Crippen molar-refractivity contribution in [1.82, 2.24) is 0 Å². The van der Waals surface area contributed by atoms with E-state index in [2.05, 4.69) is 37.9 Å². The number of halogens is 2. The van der Waals surface area contributed by atoms with Crippen molar-refractivity contribution in [2.75, 3.05) is 14.2 Å². The third-order valence-corrected chi connectivity index (χ3v) is 4.92. The van der Waals surface area contributed by atoms with Crippen LogP contribution in [0.5, 0.6) is 11.5 Å². The average molecular weight is 415 g/mol. The van der Waals surface area contributed by atoms with Gasteiger partial charge in [-0.1, -0.05) is 37.9 Å². The van der Waals surface area contributed by atoms with E-state index < -0.39 is 0 Å². The highest BCUT2D eigenvalue weighted by atomic mass is 79.9. The summed E-state index contributed by atoms with van der Waals surface area (Å²) >= 11 is 7.14. The molecule has 1 atom stereocenters. The second kappa shape index (κ2) is 6.81. The van der Waals surface area contributed by atoms with Crippen LogP contribution in [0.4, 0.5) is 0 Å². The molecule has 0 aromatic heterocycles. The second-order valence-electron chi connectivity index (χ2n) is 4.71. The summed E-state index contributed by atoms with van der Waals surface area (Å²) in [6.07, 6.45) is 0. The van der Waals surface area contributed by atoms with Crippen molar-refractivity contribution in [3.05, 3.63) is 56.0 Å². The number of rotatable bonds is 4. The maximum absolute atomic E-state index is 6.40. The lowest BCUT2D eigenvalue weighted by atomic mass is 9.98. The van der Waals surface area contributed by atoms with Gasteiger partial charge in [0, 0.05) is 8.95 Å². The zero-order chi connectivity index (χ0) is 15.6. The quantitative estimate of drug-likeness (QED) is 0.795. The molecule has 5 heteroatoms. The SMILES string of the molecule is COc1ccc(C(N)c2cc(Br)c(C)cc2Br)cc1OC. The first kappa shape index (κ1) is 16.3. The van der Waals surface area contributed by atoms with Crippen LogP contribution in [0, 0.1) is 6.92 Å². The first-order chi connectivity index (χ1) is 9.97. The molecule has 0 fully saturated rings. The Bertz CT molecular complexity index is 659. The van der Waals surface area contributed by atoms with Crippen LogP contribution in [0.1, 0.15) is 22.7 Å². The molecule has 0 bridgehead atoms. The highest BCUT2D eigenvalue weighted by molar-refractivity contribution is 9.11. The first-order valence-electron chi connectivity index (χ1n) is 6.41. The number of methoxy groups -OCH3 is 2. The van der Waals surface area contributed by atoms with Crippen LogP contribution in [0.15, 0.2) is 39.3 Å². The van der Waals surface area contributed by atoms with Crippen LogP contribution in [0.25, 0.3) is 0 Å². The second-order valence-corrected chi connectivity index (χ2v) is 6.42. The Hall–Kier alpha value is -1.04. The van der Waals surface area contributed by atoms with E-state index in [-0.39, 0.29) is 6.04 Å². The Morgan fingerprint density at radius 3 is 2.24 bits per heavy atom. The maximum atomic E-state index is 6.40. The number of benzene rings is 2. The van der Waals surface area contributed by atoms with Gasteiger partial charge in [-0.05, 0) is 47.9 Å². The highest BCUT2D eigenvalue weighted by Gasteiger charge is 2.16. The summed E-state index contributed by atoms with van der Waals surface area (Å²) in [4.78, 5) is 0. The number of hydrogen-bond donors (Lipinski definition) is 1. The number of hydrogen-bond acceptors (Lipinski definition) is 3. The summed E-state index contributed by atoms with van der Waals surface area (Å²) in [6.45, 7) is 2.04. The molecule has 2 aromatic carbocycles. The number of nitrogens with two attached hydrogens (primary N) is 1. The lowest BCUT2D eigenvalue weighted by molar-refractivity contribution is 0.354. The van der Waals surface area contributed by atoms with Gasteiger partial charge in [0.05, 0.1) is 20.3 Å². The Balaban J connectivity index is 2.45. The molecule has 2 rings (SSSR count). The van der Waals surface area contributed by atoms with E-state index >= 15 is 0 Å². The minimum absolute atomic E-state index is 0.254. The molecule has 0 aliphatic rings. The summed E-state index contributed by atoms with van der Waals surface area (Å²) in [7, 11) is 3.23. The topological polar surface area (TPSA) is 44.5 Å². The van der Waals surface area contributed by atoms with E-state index in [1.165, 1.54) is 0 Å². The predicted octanol–water partition coefficient (Wildman–Crippen LogP) is 4.59. The fourth-order valence-corrected chi connectivity index (χ4v) is 3.19. The van der Waals surface area contributed by atoms with Gasteiger partial charge < -0.3 is 15.2 Å². The maximum Gasteiger partial charge on any atom is 0.161 e. The van der Waals surface area contributed by atoms with Crippen LogP contribution < -0.4 is 15.2 Å². The van der Waals surface area contributed by atoms with E-state index in [1.807, 2.05) is 31.2 Å². The lowest BCUT2D eigenvalue weighted by Gasteiger charge is -2.17. The first-order valence-corrected chi connectivity index (χ1v) is 7.99. The zero-order valence-electron chi connectivity index (χ0n) is 12.1. The van der Waals surface area contributed by atoms with Gasteiger partial charge in [-0.3, -0.25) is 0 Å². The standard InChI is InChI=1S/C16H17Br2NO2/c1-9-6-13(18)11(8-12(9)17)16(19)10-4-5-14(20-2)15(7-10)21-3/h4-8,16H,19H2,1-3H3. The molecule has 21 heavy (non-hydrogen) atoms. The fourth-order valence-electron chi connectivity index (χ4n) is 2.13. The molecule has 0 aliphatic carbocycles. The van der Waals surface area contributed by atoms with Crippen LogP contribution in [0.2, 0.25) is 0 Å². The molecule has 1 unspecified atom stereocenters. The fraction of sp³-hybridized carbons (Fsp3) is 0.250. The van der Waals surface area contributed by atoms with Crippen molar-refractivity contribution in [1.29, 1.82) is 0 Å². The van der Waals surface area contributed by atoms with Crippen molar-refractivity contribution in [2.24, 2.45) is 5.73 Å². The monoisotopic (exact) mass is 413 g/mol. The Morgan fingerprint density at radius 1 is 0.952 bits per heavy atom. The molecule has 0 radical (unpaired) electrons. The lowest BCUT2D eigenvalue weighted by Crippen LogP contribution is -2.13. The van der Waals surface area contributed by atoms with Crippen molar-refractivity contribution in [2.45, 2.75) is 13.0 Å². The smallest absolute Gasteiger partial charge is 0.161 e. The van der Waals surface area contributed by atoms with Crippen molar-refractivity contribution in [3.8, 4) is 11.5 Å². The van der Waals surface area contributed by atoms with Crippen molar-refractivity contribution in [3.63, 3.8) is 0 Å². The summed E-state index contributed by atoms with van der Waals surface area (Å²) in [5, 5.41) is 0. The Kier molecular flexibility index (Phi) is 5.30. The van der Waals surface area contributed by atoms with Gasteiger partial charge in [0.25, 0.3) is 0 Å². The predicted molar refractivity (Wildman–Crippen MR) is 92.2 cm³/mol. The molecule has 3 nitrogen and oxygen atoms in total. The van der Waals surface area contributed by atoms with E-state index in [0.29, 0.717) is 11.5 Å².